The number of allylic oxidation sites excluding steroid dienone is 4. The summed E-state index contributed by atoms with van der Waals surface area (Å²) in [5.74, 6) is -5.04. The molecule has 1 N–H and O–H groups in total. The summed E-state index contributed by atoms with van der Waals surface area (Å²) in [7, 11) is 0. The molecular weight excluding hydrogens is 500 g/mol. The Kier molecular flexibility index (Phi) is 7.38. The van der Waals surface area contributed by atoms with E-state index in [1.807, 2.05) is 44.2 Å². The van der Waals surface area contributed by atoms with Gasteiger partial charge in [0.05, 0.1) is 0 Å². The lowest BCUT2D eigenvalue weighted by molar-refractivity contribution is -0.269. The normalized spacial score (nSPS) is 31.7. The van der Waals surface area contributed by atoms with Crippen LogP contribution in [-0.4, -0.2) is 34.6 Å². The summed E-state index contributed by atoms with van der Waals surface area (Å²) >= 11 is 0. The number of benzene rings is 1. The third-order valence-electron chi connectivity index (χ3n) is 8.25. The number of aliphatic hydroxyl groups is 1. The third-order valence-corrected chi connectivity index (χ3v) is 8.25. The van der Waals surface area contributed by atoms with Gasteiger partial charge in [-0.3, -0.25) is 0 Å². The van der Waals surface area contributed by atoms with Gasteiger partial charge in [0.25, 0.3) is 17.5 Å². The van der Waals surface area contributed by atoms with Gasteiger partial charge in [0.15, 0.2) is 0 Å². The first-order valence-corrected chi connectivity index (χ1v) is 13.7. The van der Waals surface area contributed by atoms with Crippen molar-refractivity contribution >= 4 is 23.5 Å². The molecule has 8 nitrogen and oxygen atoms in total. The van der Waals surface area contributed by atoms with E-state index >= 15 is 0 Å². The molecule has 3 atom stereocenters. The highest BCUT2D eigenvalue weighted by Crippen LogP contribution is 2.43. The van der Waals surface area contributed by atoms with Gasteiger partial charge in [0.1, 0.15) is 11.1 Å². The minimum absolute atomic E-state index is 0.0416. The monoisotopic (exact) mass is 534 g/mol. The quantitative estimate of drug-likeness (QED) is 0.223. The van der Waals surface area contributed by atoms with Crippen LogP contribution in [0.1, 0.15) is 70.8 Å². The number of aliphatic hydroxyl groups excluding tert-OH is 1. The van der Waals surface area contributed by atoms with Crippen molar-refractivity contribution in [3.8, 4) is 0 Å². The van der Waals surface area contributed by atoms with E-state index in [9.17, 15) is 19.5 Å². The standard InChI is InChI=1S/C31H34O8/c1-20-10-6-8-18-30(20)36-26(32)24(27(33)37-30)16-14-23(22-12-4-3-5-13-22)15-17-25-28(34)38-31(39-29(25)35)19-9-7-11-21(31)2/h3-5,12-17,20-21,32H,6-11,18-19H2,1-2H3. The predicted molar refractivity (Wildman–Crippen MR) is 141 cm³/mol. The minimum atomic E-state index is -1.20. The second kappa shape index (κ2) is 10.8. The summed E-state index contributed by atoms with van der Waals surface area (Å²) in [6, 6.07) is 9.21. The van der Waals surface area contributed by atoms with Crippen LogP contribution in [0, 0.1) is 11.8 Å². The molecule has 0 amide bonds. The van der Waals surface area contributed by atoms with Gasteiger partial charge >= 0.3 is 17.9 Å². The predicted octanol–water partition coefficient (Wildman–Crippen LogP) is 5.81. The first-order chi connectivity index (χ1) is 18.7. The van der Waals surface area contributed by atoms with Crippen LogP contribution in [0.25, 0.3) is 5.57 Å². The number of hydrogen-bond acceptors (Lipinski definition) is 8. The van der Waals surface area contributed by atoms with Crippen molar-refractivity contribution in [3.05, 3.63) is 77.3 Å². The lowest BCUT2D eigenvalue weighted by Crippen LogP contribution is -2.52. The average Bonchev–Trinajstić information content (AvgIpc) is 2.90. The fourth-order valence-electron chi connectivity index (χ4n) is 5.75. The van der Waals surface area contributed by atoms with Crippen molar-refractivity contribution in [2.24, 2.45) is 11.8 Å². The maximum atomic E-state index is 12.9. The summed E-state index contributed by atoms with van der Waals surface area (Å²) in [6.45, 7) is 3.87. The zero-order chi connectivity index (χ0) is 27.6. The second-order valence-electron chi connectivity index (χ2n) is 10.8. The molecule has 2 aliphatic carbocycles. The molecule has 3 unspecified atom stereocenters. The number of esters is 3. The van der Waals surface area contributed by atoms with Gasteiger partial charge in [-0.1, -0.05) is 69.2 Å². The van der Waals surface area contributed by atoms with Gasteiger partial charge in [-0.2, -0.15) is 0 Å². The summed E-state index contributed by atoms with van der Waals surface area (Å²) in [4.78, 5) is 38.7. The molecule has 1 aromatic carbocycles. The number of carbonyl (C=O) groups excluding carboxylic acids is 3. The Morgan fingerprint density at radius 3 is 1.95 bits per heavy atom. The van der Waals surface area contributed by atoms with Crippen LogP contribution < -0.4 is 0 Å². The fourth-order valence-corrected chi connectivity index (χ4v) is 5.75. The largest absolute Gasteiger partial charge is 0.480 e. The summed E-state index contributed by atoms with van der Waals surface area (Å²) in [6.07, 6.45) is 12.3. The molecule has 2 aliphatic heterocycles. The second-order valence-corrected chi connectivity index (χ2v) is 10.8. The van der Waals surface area contributed by atoms with Crippen LogP contribution in [0.3, 0.4) is 0 Å². The molecule has 0 radical (unpaired) electrons. The summed E-state index contributed by atoms with van der Waals surface area (Å²) < 4.78 is 22.9. The van der Waals surface area contributed by atoms with Gasteiger partial charge < -0.3 is 24.1 Å². The average molecular weight is 535 g/mol. The first-order valence-electron chi connectivity index (χ1n) is 13.7. The molecule has 8 heteroatoms. The SMILES string of the molecule is CC1CCCCC12OC(=O)C(=CC=C(C=CC1=C(O)OC3(CCCCC3C)OC1=O)c1ccccc1)C(=O)O2. The Labute approximate surface area is 228 Å². The van der Waals surface area contributed by atoms with Crippen LogP contribution in [0.2, 0.25) is 0 Å². The molecule has 0 bridgehead atoms. The van der Waals surface area contributed by atoms with Crippen molar-refractivity contribution in [2.75, 3.05) is 0 Å². The van der Waals surface area contributed by atoms with E-state index in [1.54, 1.807) is 12.2 Å². The third kappa shape index (κ3) is 5.24. The van der Waals surface area contributed by atoms with Crippen molar-refractivity contribution < 1.29 is 38.4 Å². The number of ether oxygens (including phenoxy) is 4. The van der Waals surface area contributed by atoms with Crippen molar-refractivity contribution in [3.63, 3.8) is 0 Å². The van der Waals surface area contributed by atoms with E-state index in [4.69, 9.17) is 18.9 Å². The van der Waals surface area contributed by atoms with E-state index < -0.39 is 35.4 Å². The van der Waals surface area contributed by atoms with Crippen molar-refractivity contribution in [2.45, 2.75) is 76.8 Å². The molecule has 4 aliphatic rings. The van der Waals surface area contributed by atoms with Gasteiger partial charge in [-0.05, 0) is 49.0 Å². The van der Waals surface area contributed by atoms with Crippen LogP contribution in [0.5, 0.6) is 0 Å². The molecule has 1 aromatic rings. The van der Waals surface area contributed by atoms with Gasteiger partial charge in [-0.15, -0.1) is 0 Å². The molecule has 2 spiro atoms. The highest BCUT2D eigenvalue weighted by Gasteiger charge is 2.51. The number of rotatable bonds is 4. The Hall–Kier alpha value is -3.81. The number of carbonyl (C=O) groups is 3. The van der Waals surface area contributed by atoms with Crippen molar-refractivity contribution in [1.82, 2.24) is 0 Å². The maximum Gasteiger partial charge on any atom is 0.348 e. The molecule has 206 valence electrons. The molecule has 3 fully saturated rings. The van der Waals surface area contributed by atoms with Crippen LogP contribution in [-0.2, 0) is 33.3 Å². The fraction of sp³-hybridized carbons (Fsp3) is 0.452. The number of hydrogen-bond donors (Lipinski definition) is 1. The van der Waals surface area contributed by atoms with E-state index in [-0.39, 0.29) is 23.0 Å². The zero-order valence-corrected chi connectivity index (χ0v) is 22.3. The van der Waals surface area contributed by atoms with Gasteiger partial charge in [0, 0.05) is 24.7 Å². The van der Waals surface area contributed by atoms with E-state index in [2.05, 4.69) is 0 Å². The van der Waals surface area contributed by atoms with Gasteiger partial charge in [-0.25, -0.2) is 14.4 Å². The van der Waals surface area contributed by atoms with E-state index in [1.165, 1.54) is 12.2 Å². The van der Waals surface area contributed by atoms with Crippen molar-refractivity contribution in [1.29, 1.82) is 0 Å². The topological polar surface area (TPSA) is 108 Å². The van der Waals surface area contributed by atoms with E-state index in [0.717, 1.165) is 44.1 Å². The lowest BCUT2D eigenvalue weighted by Gasteiger charge is -2.43. The maximum absolute atomic E-state index is 12.9. The van der Waals surface area contributed by atoms with E-state index in [0.29, 0.717) is 18.4 Å². The van der Waals surface area contributed by atoms with Crippen LogP contribution >= 0.6 is 0 Å². The minimum Gasteiger partial charge on any atom is -0.480 e. The summed E-state index contributed by atoms with van der Waals surface area (Å²) in [5.41, 5.74) is 0.992. The van der Waals surface area contributed by atoms with Crippen LogP contribution in [0.15, 0.2) is 71.7 Å². The molecule has 5 rings (SSSR count). The first kappa shape index (κ1) is 26.8. The smallest absolute Gasteiger partial charge is 0.348 e. The molecular formula is C31H34O8. The highest BCUT2D eigenvalue weighted by atomic mass is 16.8. The molecule has 0 aromatic heterocycles. The van der Waals surface area contributed by atoms with Gasteiger partial charge in [0.2, 0.25) is 0 Å². The highest BCUT2D eigenvalue weighted by molar-refractivity contribution is 6.15. The Balaban J connectivity index is 1.42. The molecule has 1 saturated heterocycles. The molecule has 2 saturated carbocycles. The lowest BCUT2D eigenvalue weighted by atomic mass is 9.84. The summed E-state index contributed by atoms with van der Waals surface area (Å²) in [5, 5.41) is 10.7. The zero-order valence-electron chi connectivity index (χ0n) is 22.3. The Morgan fingerprint density at radius 1 is 0.821 bits per heavy atom. The molecule has 39 heavy (non-hydrogen) atoms. The molecule has 2 heterocycles. The van der Waals surface area contributed by atoms with Crippen LogP contribution in [0.4, 0.5) is 0 Å². The Morgan fingerprint density at radius 2 is 1.38 bits per heavy atom. The Bertz CT molecular complexity index is 1250.